The van der Waals surface area contributed by atoms with Gasteiger partial charge in [-0.15, -0.1) is 0 Å². The van der Waals surface area contributed by atoms with E-state index in [4.69, 9.17) is 0 Å². The van der Waals surface area contributed by atoms with Gasteiger partial charge in [0.1, 0.15) is 7.14 Å². The molecule has 0 aliphatic rings. The fraction of sp³-hybridized carbons (Fsp3) is 0.0588. The molecule has 1 unspecified atom stereocenters. The van der Waals surface area contributed by atoms with Crippen molar-refractivity contribution in [3.05, 3.63) is 72.8 Å². The monoisotopic (exact) mass is 266 g/mol. The van der Waals surface area contributed by atoms with E-state index in [2.05, 4.69) is 12.1 Å². The molecule has 0 saturated carbocycles. The normalized spacial score (nSPS) is 14.2. The summed E-state index contributed by atoms with van der Waals surface area (Å²) in [7, 11) is -2.54. The average Bonchev–Trinajstić information content (AvgIpc) is 2.47. The Balaban J connectivity index is 2.28. The quantitative estimate of drug-likeness (QED) is 0.645. The van der Waals surface area contributed by atoms with Crippen LogP contribution in [0.3, 0.4) is 0 Å². The highest BCUT2D eigenvalue weighted by Gasteiger charge is 2.22. The van der Waals surface area contributed by atoms with Crippen molar-refractivity contribution in [1.29, 1.82) is 0 Å². The molecule has 3 aromatic rings. The van der Waals surface area contributed by atoms with E-state index in [0.29, 0.717) is 0 Å². The van der Waals surface area contributed by atoms with Gasteiger partial charge in [0.05, 0.1) is 0 Å². The first kappa shape index (κ1) is 12.2. The summed E-state index contributed by atoms with van der Waals surface area (Å²) in [6.07, 6.45) is 0. The molecule has 0 radical (unpaired) electrons. The van der Waals surface area contributed by atoms with Gasteiger partial charge in [-0.1, -0.05) is 72.8 Å². The van der Waals surface area contributed by atoms with Crippen LogP contribution in [0.2, 0.25) is 0 Å². The molecule has 94 valence electrons. The Hall–Kier alpha value is -1.85. The van der Waals surface area contributed by atoms with Crippen molar-refractivity contribution in [3.63, 3.8) is 0 Å². The molecule has 0 bridgehead atoms. The van der Waals surface area contributed by atoms with Crippen LogP contribution in [0.5, 0.6) is 0 Å². The summed E-state index contributed by atoms with van der Waals surface area (Å²) in [6.45, 7) is 1.85. The topological polar surface area (TPSA) is 17.1 Å². The lowest BCUT2D eigenvalue weighted by Gasteiger charge is -2.16. The van der Waals surface area contributed by atoms with Gasteiger partial charge in [-0.3, -0.25) is 0 Å². The molecule has 0 fully saturated rings. The zero-order valence-electron chi connectivity index (χ0n) is 10.8. The van der Waals surface area contributed by atoms with Crippen LogP contribution < -0.4 is 10.6 Å². The Morgan fingerprint density at radius 1 is 0.737 bits per heavy atom. The molecule has 3 rings (SSSR count). The molecule has 19 heavy (non-hydrogen) atoms. The summed E-state index contributed by atoms with van der Waals surface area (Å²) >= 11 is 0. The summed E-state index contributed by atoms with van der Waals surface area (Å²) in [5.41, 5.74) is 0. The minimum Gasteiger partial charge on any atom is -0.314 e. The molecule has 0 spiro atoms. The van der Waals surface area contributed by atoms with Gasteiger partial charge >= 0.3 is 0 Å². The van der Waals surface area contributed by atoms with Crippen molar-refractivity contribution >= 4 is 28.5 Å². The Bertz CT molecular complexity index is 757. The molecule has 2 heteroatoms. The second kappa shape index (κ2) is 4.68. The van der Waals surface area contributed by atoms with E-state index in [9.17, 15) is 4.57 Å². The van der Waals surface area contributed by atoms with Crippen LogP contribution in [0.25, 0.3) is 10.8 Å². The van der Waals surface area contributed by atoms with E-state index in [1.807, 2.05) is 67.3 Å². The van der Waals surface area contributed by atoms with Crippen molar-refractivity contribution in [2.45, 2.75) is 0 Å². The lowest BCUT2D eigenvalue weighted by molar-refractivity contribution is 0.590. The molecule has 0 saturated heterocycles. The minimum atomic E-state index is -2.54. The zero-order valence-corrected chi connectivity index (χ0v) is 11.7. The molecule has 3 aromatic carbocycles. The fourth-order valence-corrected chi connectivity index (χ4v) is 4.49. The average molecular weight is 266 g/mol. The van der Waals surface area contributed by atoms with Crippen LogP contribution in [0, 0.1) is 0 Å². The molecule has 0 aromatic heterocycles. The highest BCUT2D eigenvalue weighted by Crippen LogP contribution is 2.40. The molecule has 0 amide bonds. The summed E-state index contributed by atoms with van der Waals surface area (Å²) in [6, 6.07) is 23.9. The maximum absolute atomic E-state index is 13.2. The molecule has 0 aliphatic carbocycles. The summed E-state index contributed by atoms with van der Waals surface area (Å²) in [5, 5.41) is 4.07. The van der Waals surface area contributed by atoms with E-state index < -0.39 is 7.14 Å². The SMILES string of the molecule is CP(=O)(c1ccccc1)c1cccc2ccccc12. The van der Waals surface area contributed by atoms with Gasteiger partial charge in [0.25, 0.3) is 0 Å². The van der Waals surface area contributed by atoms with Crippen LogP contribution in [-0.4, -0.2) is 6.66 Å². The predicted molar refractivity (Wildman–Crippen MR) is 83.2 cm³/mol. The smallest absolute Gasteiger partial charge is 0.140 e. The number of benzene rings is 3. The van der Waals surface area contributed by atoms with E-state index in [-0.39, 0.29) is 0 Å². The molecule has 1 nitrogen and oxygen atoms in total. The first-order valence-electron chi connectivity index (χ1n) is 6.31. The summed E-state index contributed by atoms with van der Waals surface area (Å²) in [4.78, 5) is 0. The molecule has 0 aliphatic heterocycles. The van der Waals surface area contributed by atoms with Gasteiger partial charge in [0.15, 0.2) is 0 Å². The van der Waals surface area contributed by atoms with E-state index in [1.54, 1.807) is 0 Å². The maximum Gasteiger partial charge on any atom is 0.140 e. The Kier molecular flexibility index (Phi) is 3.00. The maximum atomic E-state index is 13.2. The van der Waals surface area contributed by atoms with Gasteiger partial charge < -0.3 is 4.57 Å². The molecular formula is C17H15OP. The van der Waals surface area contributed by atoms with Gasteiger partial charge in [0.2, 0.25) is 0 Å². The van der Waals surface area contributed by atoms with Crippen molar-refractivity contribution in [1.82, 2.24) is 0 Å². The van der Waals surface area contributed by atoms with E-state index >= 15 is 0 Å². The first-order chi connectivity index (χ1) is 9.19. The van der Waals surface area contributed by atoms with Gasteiger partial charge in [-0.05, 0) is 17.4 Å². The predicted octanol–water partition coefficient (Wildman–Crippen LogP) is 3.78. The largest absolute Gasteiger partial charge is 0.314 e. The summed E-state index contributed by atoms with van der Waals surface area (Å²) < 4.78 is 13.2. The highest BCUT2D eigenvalue weighted by molar-refractivity contribution is 7.78. The lowest BCUT2D eigenvalue weighted by atomic mass is 10.1. The van der Waals surface area contributed by atoms with Crippen LogP contribution in [0.1, 0.15) is 0 Å². The second-order valence-electron chi connectivity index (χ2n) is 4.76. The third-order valence-electron chi connectivity index (χ3n) is 3.48. The second-order valence-corrected chi connectivity index (χ2v) is 7.60. The Labute approximate surface area is 113 Å². The number of hydrogen-bond acceptors (Lipinski definition) is 1. The third-order valence-corrected chi connectivity index (χ3v) is 6.07. The van der Waals surface area contributed by atoms with E-state index in [0.717, 1.165) is 21.4 Å². The summed E-state index contributed by atoms with van der Waals surface area (Å²) in [5.74, 6) is 0. The van der Waals surface area contributed by atoms with Gasteiger partial charge in [-0.2, -0.15) is 0 Å². The van der Waals surface area contributed by atoms with Crippen LogP contribution in [-0.2, 0) is 4.57 Å². The lowest BCUT2D eigenvalue weighted by Crippen LogP contribution is -2.15. The Morgan fingerprint density at radius 2 is 1.37 bits per heavy atom. The molecule has 1 atom stereocenters. The standard InChI is InChI=1S/C17H15OP/c1-19(18,15-10-3-2-4-11-15)17-13-7-9-14-8-5-6-12-16(14)17/h2-13H,1H3. The van der Waals surface area contributed by atoms with Crippen molar-refractivity contribution in [2.24, 2.45) is 0 Å². The van der Waals surface area contributed by atoms with Crippen LogP contribution in [0.15, 0.2) is 72.8 Å². The van der Waals surface area contributed by atoms with Crippen LogP contribution in [0.4, 0.5) is 0 Å². The first-order valence-corrected chi connectivity index (χ1v) is 8.46. The van der Waals surface area contributed by atoms with Crippen molar-refractivity contribution in [3.8, 4) is 0 Å². The zero-order chi connectivity index (χ0) is 13.3. The number of rotatable bonds is 2. The van der Waals surface area contributed by atoms with Gasteiger partial charge in [0, 0.05) is 10.6 Å². The van der Waals surface area contributed by atoms with Crippen molar-refractivity contribution < 1.29 is 4.57 Å². The van der Waals surface area contributed by atoms with Crippen molar-refractivity contribution in [2.75, 3.05) is 6.66 Å². The Morgan fingerprint density at radius 3 is 2.16 bits per heavy atom. The minimum absolute atomic E-state index is 0.909. The number of hydrogen-bond donors (Lipinski definition) is 0. The molecular weight excluding hydrogens is 251 g/mol. The number of fused-ring (bicyclic) bond motifs is 1. The molecule has 0 N–H and O–H groups in total. The third kappa shape index (κ3) is 2.11. The molecule has 0 heterocycles. The van der Waals surface area contributed by atoms with E-state index in [1.165, 1.54) is 0 Å². The van der Waals surface area contributed by atoms with Gasteiger partial charge in [-0.25, -0.2) is 0 Å². The fourth-order valence-electron chi connectivity index (χ4n) is 2.43. The van der Waals surface area contributed by atoms with Crippen LogP contribution >= 0.6 is 7.14 Å². The highest BCUT2D eigenvalue weighted by atomic mass is 31.2.